The van der Waals surface area contributed by atoms with E-state index in [1.807, 2.05) is 6.07 Å². The number of rotatable bonds is 4. The number of benzene rings is 1. The van der Waals surface area contributed by atoms with E-state index in [0.717, 1.165) is 22.5 Å². The number of anilines is 1. The van der Waals surface area contributed by atoms with Crippen LogP contribution in [0, 0.1) is 6.92 Å². The summed E-state index contributed by atoms with van der Waals surface area (Å²) in [6.45, 7) is 2.04. The van der Waals surface area contributed by atoms with E-state index in [9.17, 15) is 8.42 Å². The molecule has 0 amide bonds. The third-order valence-electron chi connectivity index (χ3n) is 2.58. The predicted octanol–water partition coefficient (Wildman–Crippen LogP) is 2.97. The van der Waals surface area contributed by atoms with Crippen LogP contribution in [0.3, 0.4) is 0 Å². The van der Waals surface area contributed by atoms with Gasteiger partial charge in [0.15, 0.2) is 0 Å². The highest BCUT2D eigenvalue weighted by Gasteiger charge is 2.19. The fourth-order valence-electron chi connectivity index (χ4n) is 1.56. The first-order chi connectivity index (χ1) is 8.94. The zero-order valence-electron chi connectivity index (χ0n) is 10.2. The first-order valence-electron chi connectivity index (χ1n) is 5.51. The van der Waals surface area contributed by atoms with Gasteiger partial charge in [-0.1, -0.05) is 29.8 Å². The fourth-order valence-corrected chi connectivity index (χ4v) is 4.37. The number of nitrogens with two attached hydrogens (primary N) is 1. The predicted molar refractivity (Wildman–Crippen MR) is 79.2 cm³/mol. The molecule has 0 atom stereocenters. The van der Waals surface area contributed by atoms with Crippen LogP contribution in [0.5, 0.6) is 0 Å². The Bertz CT molecular complexity index is 676. The third-order valence-corrected chi connectivity index (χ3v) is 5.98. The Kier molecular flexibility index (Phi) is 4.15. The number of nitrogens with one attached hydrogen (secondary N) is 1. The molecule has 0 radical (unpaired) electrons. The van der Waals surface area contributed by atoms with Crippen molar-refractivity contribution in [2.45, 2.75) is 17.7 Å². The molecule has 2 aromatic rings. The number of aryl methyl sites for hydroxylation is 1. The van der Waals surface area contributed by atoms with Crippen LogP contribution in [0.1, 0.15) is 11.1 Å². The van der Waals surface area contributed by atoms with Crippen LogP contribution in [-0.4, -0.2) is 8.42 Å². The normalized spacial score (nSPS) is 11.5. The summed E-state index contributed by atoms with van der Waals surface area (Å²) in [4.78, 5) is 0. The van der Waals surface area contributed by atoms with Crippen LogP contribution in [0.2, 0.25) is 4.34 Å². The van der Waals surface area contributed by atoms with Crippen molar-refractivity contribution in [1.82, 2.24) is 0 Å². The highest BCUT2D eigenvalue weighted by molar-refractivity contribution is 7.94. The van der Waals surface area contributed by atoms with Crippen LogP contribution in [-0.2, 0) is 16.6 Å². The number of thiophene rings is 1. The summed E-state index contributed by atoms with van der Waals surface area (Å²) in [6, 6.07) is 8.59. The van der Waals surface area contributed by atoms with Crippen molar-refractivity contribution in [3.05, 3.63) is 45.8 Å². The summed E-state index contributed by atoms with van der Waals surface area (Å²) in [5.41, 5.74) is 7.57. The number of para-hydroxylation sites is 1. The molecule has 0 fully saturated rings. The first-order valence-corrected chi connectivity index (χ1v) is 8.18. The maximum absolute atomic E-state index is 12.2. The largest absolute Gasteiger partial charge is 0.326 e. The molecule has 7 heteroatoms. The van der Waals surface area contributed by atoms with Crippen molar-refractivity contribution in [3.63, 3.8) is 0 Å². The highest BCUT2D eigenvalue weighted by Crippen LogP contribution is 2.31. The van der Waals surface area contributed by atoms with Crippen molar-refractivity contribution in [2.24, 2.45) is 5.73 Å². The average Bonchev–Trinajstić information content (AvgIpc) is 2.71. The minimum absolute atomic E-state index is 0.196. The van der Waals surface area contributed by atoms with Gasteiger partial charge in [0.25, 0.3) is 10.0 Å². The summed E-state index contributed by atoms with van der Waals surface area (Å²) in [7, 11) is -3.62. The number of sulfonamides is 1. The van der Waals surface area contributed by atoms with Crippen molar-refractivity contribution in [2.75, 3.05) is 4.72 Å². The Hall–Kier alpha value is -1.08. The number of halogens is 1. The van der Waals surface area contributed by atoms with Crippen LogP contribution in [0.25, 0.3) is 0 Å². The molecule has 0 saturated heterocycles. The molecule has 4 nitrogen and oxygen atoms in total. The van der Waals surface area contributed by atoms with E-state index in [1.165, 1.54) is 0 Å². The summed E-state index contributed by atoms with van der Waals surface area (Å²) in [5, 5.41) is 0. The molecule has 0 spiro atoms. The van der Waals surface area contributed by atoms with Crippen LogP contribution >= 0.6 is 22.9 Å². The van der Waals surface area contributed by atoms with Crippen molar-refractivity contribution in [3.8, 4) is 0 Å². The molecule has 1 heterocycles. The molecular formula is C12H13ClN2O2S2. The van der Waals surface area contributed by atoms with E-state index in [-0.39, 0.29) is 10.8 Å². The molecule has 0 aliphatic heterocycles. The third kappa shape index (κ3) is 3.09. The maximum atomic E-state index is 12.2. The zero-order valence-corrected chi connectivity index (χ0v) is 12.6. The van der Waals surface area contributed by atoms with Gasteiger partial charge in [0.1, 0.15) is 4.21 Å². The highest BCUT2D eigenvalue weighted by atomic mass is 35.5. The van der Waals surface area contributed by atoms with Gasteiger partial charge in [-0.25, -0.2) is 8.42 Å². The molecule has 0 saturated carbocycles. The average molecular weight is 317 g/mol. The number of hydrogen-bond acceptors (Lipinski definition) is 4. The van der Waals surface area contributed by atoms with E-state index < -0.39 is 10.0 Å². The Morgan fingerprint density at radius 1 is 1.37 bits per heavy atom. The smallest absolute Gasteiger partial charge is 0.271 e. The van der Waals surface area contributed by atoms with Gasteiger partial charge >= 0.3 is 0 Å². The number of hydrogen-bond donors (Lipinski definition) is 2. The molecule has 19 heavy (non-hydrogen) atoms. The molecular weight excluding hydrogens is 304 g/mol. The van der Waals surface area contributed by atoms with Gasteiger partial charge in [-0.15, -0.1) is 11.3 Å². The minimum atomic E-state index is -3.62. The van der Waals surface area contributed by atoms with Gasteiger partial charge in [0.2, 0.25) is 0 Å². The lowest BCUT2D eigenvalue weighted by Crippen LogP contribution is -2.13. The maximum Gasteiger partial charge on any atom is 0.271 e. The van der Waals surface area contributed by atoms with Crippen molar-refractivity contribution in [1.29, 1.82) is 0 Å². The zero-order chi connectivity index (χ0) is 14.0. The quantitative estimate of drug-likeness (QED) is 0.911. The van der Waals surface area contributed by atoms with Crippen LogP contribution in [0.15, 0.2) is 34.5 Å². The van der Waals surface area contributed by atoms with Gasteiger partial charge in [0, 0.05) is 6.54 Å². The standard InChI is InChI=1S/C12H13ClN2O2S2/c1-8-6-11(18-12(8)13)19(16,17)15-10-5-3-2-4-9(10)7-14/h2-6,15H,7,14H2,1H3. The Labute approximate surface area is 121 Å². The SMILES string of the molecule is Cc1cc(S(=O)(=O)Nc2ccccc2CN)sc1Cl. The Morgan fingerprint density at radius 2 is 2.05 bits per heavy atom. The monoisotopic (exact) mass is 316 g/mol. The first kappa shape index (κ1) is 14.3. The molecule has 3 N–H and O–H groups in total. The summed E-state index contributed by atoms with van der Waals surface area (Å²) < 4.78 is 27.7. The lowest BCUT2D eigenvalue weighted by Gasteiger charge is -2.10. The van der Waals surface area contributed by atoms with E-state index in [0.29, 0.717) is 10.0 Å². The van der Waals surface area contributed by atoms with Gasteiger partial charge in [0.05, 0.1) is 10.0 Å². The lowest BCUT2D eigenvalue weighted by atomic mass is 10.2. The summed E-state index contributed by atoms with van der Waals surface area (Å²) in [6.07, 6.45) is 0. The Morgan fingerprint density at radius 3 is 2.63 bits per heavy atom. The second kappa shape index (κ2) is 5.50. The van der Waals surface area contributed by atoms with Crippen molar-refractivity contribution >= 4 is 38.6 Å². The van der Waals surface area contributed by atoms with Gasteiger partial charge in [-0.05, 0) is 30.2 Å². The fraction of sp³-hybridized carbons (Fsp3) is 0.167. The molecule has 0 bridgehead atoms. The van der Waals surface area contributed by atoms with Gasteiger partial charge < -0.3 is 5.73 Å². The minimum Gasteiger partial charge on any atom is -0.326 e. The van der Waals surface area contributed by atoms with Crippen LogP contribution in [0.4, 0.5) is 5.69 Å². The second-order valence-corrected chi connectivity index (χ2v) is 7.55. The van der Waals surface area contributed by atoms with E-state index in [4.69, 9.17) is 17.3 Å². The summed E-state index contributed by atoms with van der Waals surface area (Å²) in [5.74, 6) is 0. The van der Waals surface area contributed by atoms with E-state index in [2.05, 4.69) is 4.72 Å². The van der Waals surface area contributed by atoms with Gasteiger partial charge in [-0.3, -0.25) is 4.72 Å². The topological polar surface area (TPSA) is 72.2 Å². The summed E-state index contributed by atoms with van der Waals surface area (Å²) >= 11 is 6.94. The van der Waals surface area contributed by atoms with E-state index >= 15 is 0 Å². The van der Waals surface area contributed by atoms with Crippen molar-refractivity contribution < 1.29 is 8.42 Å². The molecule has 2 rings (SSSR count). The van der Waals surface area contributed by atoms with E-state index in [1.54, 1.807) is 31.2 Å². The van der Waals surface area contributed by atoms with Gasteiger partial charge in [-0.2, -0.15) is 0 Å². The molecule has 1 aromatic carbocycles. The molecule has 102 valence electrons. The molecule has 1 aromatic heterocycles. The second-order valence-electron chi connectivity index (χ2n) is 3.99. The molecule has 0 aliphatic carbocycles. The Balaban J connectivity index is 2.36. The van der Waals surface area contributed by atoms with Crippen LogP contribution < -0.4 is 10.5 Å². The molecule has 0 unspecified atom stereocenters. The lowest BCUT2D eigenvalue weighted by molar-refractivity contribution is 0.603. The molecule has 0 aliphatic rings.